The molecule has 6 nitrogen and oxygen atoms in total. The molecule has 0 bridgehead atoms. The number of nitrogens with one attached hydrogen (secondary N) is 2. The SMILES string of the molecule is COc1ccc(NC(=O)c2ccon2)c(CCc2c[nH]c3ccc(Cl)cc23)c1. The van der Waals surface area contributed by atoms with Crippen molar-refractivity contribution >= 4 is 34.1 Å². The molecule has 0 aliphatic heterocycles. The summed E-state index contributed by atoms with van der Waals surface area (Å²) in [6.07, 6.45) is 4.85. The first kappa shape index (κ1) is 18.1. The van der Waals surface area contributed by atoms with Gasteiger partial charge in [-0.05, 0) is 60.4 Å². The van der Waals surface area contributed by atoms with E-state index < -0.39 is 0 Å². The van der Waals surface area contributed by atoms with Crippen LogP contribution in [0.2, 0.25) is 5.02 Å². The summed E-state index contributed by atoms with van der Waals surface area (Å²) in [6.45, 7) is 0. The van der Waals surface area contributed by atoms with Crippen LogP contribution in [0.1, 0.15) is 21.6 Å². The lowest BCUT2D eigenvalue weighted by Crippen LogP contribution is -2.14. The van der Waals surface area contributed by atoms with Crippen molar-refractivity contribution in [1.82, 2.24) is 10.1 Å². The number of halogens is 1. The lowest BCUT2D eigenvalue weighted by molar-refractivity contribution is 0.101. The summed E-state index contributed by atoms with van der Waals surface area (Å²) in [6, 6.07) is 12.9. The van der Waals surface area contributed by atoms with Crippen LogP contribution in [0.25, 0.3) is 10.9 Å². The Bertz CT molecular complexity index is 1120. The van der Waals surface area contributed by atoms with Gasteiger partial charge in [-0.3, -0.25) is 4.79 Å². The highest BCUT2D eigenvalue weighted by Crippen LogP contribution is 2.27. The van der Waals surface area contributed by atoms with Crippen LogP contribution in [-0.4, -0.2) is 23.2 Å². The van der Waals surface area contributed by atoms with E-state index >= 15 is 0 Å². The summed E-state index contributed by atoms with van der Waals surface area (Å²) in [5, 5.41) is 8.38. The molecule has 2 aromatic heterocycles. The van der Waals surface area contributed by atoms with Crippen LogP contribution in [0.4, 0.5) is 5.69 Å². The van der Waals surface area contributed by atoms with Gasteiger partial charge in [0.2, 0.25) is 0 Å². The number of hydrogen-bond acceptors (Lipinski definition) is 4. The molecule has 0 atom stereocenters. The third kappa shape index (κ3) is 3.73. The van der Waals surface area contributed by atoms with E-state index in [2.05, 4.69) is 15.5 Å². The molecule has 0 saturated carbocycles. The van der Waals surface area contributed by atoms with Crippen molar-refractivity contribution in [3.63, 3.8) is 0 Å². The van der Waals surface area contributed by atoms with Crippen molar-refractivity contribution in [2.24, 2.45) is 0 Å². The van der Waals surface area contributed by atoms with Gasteiger partial charge in [-0.1, -0.05) is 16.8 Å². The zero-order valence-electron chi connectivity index (χ0n) is 15.2. The molecule has 4 rings (SSSR count). The smallest absolute Gasteiger partial charge is 0.277 e. The third-order valence-corrected chi connectivity index (χ3v) is 4.86. The minimum absolute atomic E-state index is 0.230. The van der Waals surface area contributed by atoms with E-state index in [1.54, 1.807) is 7.11 Å². The summed E-state index contributed by atoms with van der Waals surface area (Å²) < 4.78 is 10.1. The Labute approximate surface area is 166 Å². The van der Waals surface area contributed by atoms with Gasteiger partial charge in [0.1, 0.15) is 12.0 Å². The summed E-state index contributed by atoms with van der Waals surface area (Å²) in [5.74, 6) is 0.412. The predicted octanol–water partition coefficient (Wildman–Crippen LogP) is 4.86. The Morgan fingerprint density at radius 2 is 2.04 bits per heavy atom. The fourth-order valence-electron chi connectivity index (χ4n) is 3.17. The van der Waals surface area contributed by atoms with Crippen LogP contribution in [0.5, 0.6) is 5.75 Å². The van der Waals surface area contributed by atoms with Gasteiger partial charge in [-0.2, -0.15) is 0 Å². The second-order valence-electron chi connectivity index (χ2n) is 6.37. The maximum atomic E-state index is 12.3. The summed E-state index contributed by atoms with van der Waals surface area (Å²) in [7, 11) is 1.62. The topological polar surface area (TPSA) is 80.2 Å². The maximum absolute atomic E-state index is 12.3. The van der Waals surface area contributed by atoms with Gasteiger partial charge in [0, 0.05) is 33.9 Å². The number of aryl methyl sites for hydroxylation is 2. The number of aromatic nitrogens is 2. The zero-order valence-corrected chi connectivity index (χ0v) is 15.9. The van der Waals surface area contributed by atoms with Crippen LogP contribution in [-0.2, 0) is 12.8 Å². The summed E-state index contributed by atoms with van der Waals surface area (Å²) in [5.41, 5.74) is 4.12. The monoisotopic (exact) mass is 395 g/mol. The number of methoxy groups -OCH3 is 1. The average molecular weight is 396 g/mol. The van der Waals surface area contributed by atoms with Crippen molar-refractivity contribution < 1.29 is 14.1 Å². The van der Waals surface area contributed by atoms with Gasteiger partial charge in [-0.25, -0.2) is 0 Å². The first-order valence-electron chi connectivity index (χ1n) is 8.78. The Morgan fingerprint density at radius 3 is 2.82 bits per heavy atom. The molecular weight excluding hydrogens is 378 g/mol. The van der Waals surface area contributed by atoms with Crippen LogP contribution in [0.3, 0.4) is 0 Å². The number of rotatable bonds is 6. The van der Waals surface area contributed by atoms with E-state index in [4.69, 9.17) is 20.9 Å². The highest BCUT2D eigenvalue weighted by atomic mass is 35.5. The van der Waals surface area contributed by atoms with Crippen LogP contribution in [0.15, 0.2) is 59.4 Å². The van der Waals surface area contributed by atoms with Crippen LogP contribution in [0, 0.1) is 0 Å². The first-order chi connectivity index (χ1) is 13.6. The number of amides is 1. The lowest BCUT2D eigenvalue weighted by Gasteiger charge is -2.12. The molecule has 0 fully saturated rings. The predicted molar refractivity (Wildman–Crippen MR) is 108 cm³/mol. The molecule has 2 heterocycles. The van der Waals surface area contributed by atoms with Crippen molar-refractivity contribution in [2.75, 3.05) is 12.4 Å². The quantitative estimate of drug-likeness (QED) is 0.488. The van der Waals surface area contributed by atoms with E-state index in [9.17, 15) is 4.79 Å². The molecule has 0 spiro atoms. The Morgan fingerprint density at radius 1 is 1.18 bits per heavy atom. The normalized spacial score (nSPS) is 10.9. The molecule has 28 heavy (non-hydrogen) atoms. The number of nitrogens with zero attached hydrogens (tertiary/aromatic N) is 1. The lowest BCUT2D eigenvalue weighted by atomic mass is 10.0. The van der Waals surface area contributed by atoms with Gasteiger partial charge in [0.25, 0.3) is 5.91 Å². The van der Waals surface area contributed by atoms with E-state index in [0.29, 0.717) is 17.1 Å². The van der Waals surface area contributed by atoms with Crippen molar-refractivity contribution in [3.8, 4) is 5.75 Å². The molecular formula is C21H18ClN3O3. The Hall–Kier alpha value is -3.25. The molecule has 7 heteroatoms. The Kier molecular flexibility index (Phi) is 5.04. The van der Waals surface area contributed by atoms with Crippen molar-refractivity contribution in [3.05, 3.63) is 76.8 Å². The number of aromatic amines is 1. The number of H-pyrrole nitrogens is 1. The number of ether oxygens (including phenoxy) is 1. The largest absolute Gasteiger partial charge is 0.497 e. The van der Waals surface area contributed by atoms with E-state index in [-0.39, 0.29) is 11.6 Å². The second kappa shape index (κ2) is 7.78. The van der Waals surface area contributed by atoms with Gasteiger partial charge in [0.15, 0.2) is 5.69 Å². The summed E-state index contributed by atoms with van der Waals surface area (Å²) >= 11 is 6.14. The van der Waals surface area contributed by atoms with E-state index in [1.165, 1.54) is 12.3 Å². The minimum Gasteiger partial charge on any atom is -0.497 e. The summed E-state index contributed by atoms with van der Waals surface area (Å²) in [4.78, 5) is 15.6. The van der Waals surface area contributed by atoms with Crippen molar-refractivity contribution in [1.29, 1.82) is 0 Å². The molecule has 0 aliphatic rings. The maximum Gasteiger partial charge on any atom is 0.277 e. The fourth-order valence-corrected chi connectivity index (χ4v) is 3.34. The van der Waals surface area contributed by atoms with Gasteiger partial charge >= 0.3 is 0 Å². The molecule has 0 radical (unpaired) electrons. The zero-order chi connectivity index (χ0) is 19.5. The molecule has 2 N–H and O–H groups in total. The fraction of sp³-hybridized carbons (Fsp3) is 0.143. The van der Waals surface area contributed by atoms with E-state index in [1.807, 2.05) is 42.6 Å². The second-order valence-corrected chi connectivity index (χ2v) is 6.80. The molecule has 0 unspecified atom stereocenters. The van der Waals surface area contributed by atoms with Gasteiger partial charge in [-0.15, -0.1) is 0 Å². The molecule has 4 aromatic rings. The van der Waals surface area contributed by atoms with Crippen LogP contribution < -0.4 is 10.1 Å². The molecule has 0 saturated heterocycles. The third-order valence-electron chi connectivity index (χ3n) is 4.62. The number of carbonyl (C=O) groups is 1. The molecule has 2 aromatic carbocycles. The highest BCUT2D eigenvalue weighted by molar-refractivity contribution is 6.31. The number of anilines is 1. The molecule has 1 amide bonds. The number of hydrogen-bond donors (Lipinski definition) is 2. The van der Waals surface area contributed by atoms with E-state index in [0.717, 1.165) is 34.2 Å². The average Bonchev–Trinajstić information content (AvgIpc) is 3.37. The minimum atomic E-state index is -0.320. The first-order valence-corrected chi connectivity index (χ1v) is 9.16. The number of fused-ring (bicyclic) bond motifs is 1. The highest BCUT2D eigenvalue weighted by Gasteiger charge is 2.13. The van der Waals surface area contributed by atoms with Gasteiger partial charge in [0.05, 0.1) is 7.11 Å². The van der Waals surface area contributed by atoms with Gasteiger partial charge < -0.3 is 19.6 Å². The number of benzene rings is 2. The molecule has 142 valence electrons. The number of carbonyl (C=O) groups excluding carboxylic acids is 1. The molecule has 0 aliphatic carbocycles. The standard InChI is InChI=1S/C21H18ClN3O3/c1-27-16-5-7-18(24-21(26)20-8-9-28-25-20)13(10-16)2-3-14-12-23-19-6-4-15(22)11-17(14)19/h4-12,23H,2-3H2,1H3,(H,24,26). The van der Waals surface area contributed by atoms with Crippen molar-refractivity contribution in [2.45, 2.75) is 12.8 Å². The van der Waals surface area contributed by atoms with Crippen LogP contribution >= 0.6 is 11.6 Å². The Balaban J connectivity index is 1.58.